The van der Waals surface area contributed by atoms with E-state index >= 15 is 0 Å². The van der Waals surface area contributed by atoms with Gasteiger partial charge in [-0.1, -0.05) is 20.8 Å². The standard InChI is InChI=1S/C11H22N3.C2H6.Y/c1-10-7-12-4-6-14(10)9-11-3-5-13(2)8-11;1-2;/h10-11H,3-9H2,1-2H3;1-2H3;/q-1;;. The van der Waals surface area contributed by atoms with Gasteiger partial charge < -0.3 is 15.1 Å². The Morgan fingerprint density at radius 1 is 1.24 bits per heavy atom. The fourth-order valence-corrected chi connectivity index (χ4v) is 2.59. The van der Waals surface area contributed by atoms with Gasteiger partial charge in [-0.15, -0.1) is 13.1 Å². The molecule has 1 radical (unpaired) electrons. The van der Waals surface area contributed by atoms with E-state index in [2.05, 4.69) is 29.1 Å². The van der Waals surface area contributed by atoms with Crippen molar-refractivity contribution in [1.82, 2.24) is 9.80 Å². The molecule has 0 aromatic heterocycles. The van der Waals surface area contributed by atoms with Crippen molar-refractivity contribution < 1.29 is 32.7 Å². The second kappa shape index (κ2) is 9.85. The summed E-state index contributed by atoms with van der Waals surface area (Å²) >= 11 is 0. The number of hydrogen-bond donors (Lipinski definition) is 0. The third-order valence-corrected chi connectivity index (χ3v) is 3.54. The molecule has 2 heterocycles. The van der Waals surface area contributed by atoms with E-state index in [-0.39, 0.29) is 32.7 Å². The van der Waals surface area contributed by atoms with E-state index in [1.807, 2.05) is 13.8 Å². The van der Waals surface area contributed by atoms with Gasteiger partial charge in [0.05, 0.1) is 0 Å². The van der Waals surface area contributed by atoms with E-state index in [0.29, 0.717) is 6.04 Å². The summed E-state index contributed by atoms with van der Waals surface area (Å²) in [6.45, 7) is 13.5. The van der Waals surface area contributed by atoms with Crippen molar-refractivity contribution in [3.63, 3.8) is 0 Å². The molecule has 17 heavy (non-hydrogen) atoms. The zero-order valence-corrected chi connectivity index (χ0v) is 14.9. The molecule has 2 fully saturated rings. The fraction of sp³-hybridized carbons (Fsp3) is 1.00. The van der Waals surface area contributed by atoms with E-state index < -0.39 is 0 Å². The molecular formula is C13H28N3Y-. The average Bonchev–Trinajstić information content (AvgIpc) is 2.70. The smallest absolute Gasteiger partial charge is 0.00238 e. The Balaban J connectivity index is 0.000000811. The van der Waals surface area contributed by atoms with Crippen molar-refractivity contribution in [1.29, 1.82) is 0 Å². The first kappa shape index (κ1) is 18.0. The molecular weight excluding hydrogens is 287 g/mol. The van der Waals surface area contributed by atoms with E-state index in [1.165, 1.54) is 32.6 Å². The number of rotatable bonds is 2. The van der Waals surface area contributed by atoms with Gasteiger partial charge in [-0.2, -0.15) is 0 Å². The third kappa shape index (κ3) is 6.11. The normalized spacial score (nSPS) is 30.4. The Morgan fingerprint density at radius 3 is 2.47 bits per heavy atom. The molecule has 3 nitrogen and oxygen atoms in total. The molecule has 0 aliphatic carbocycles. The van der Waals surface area contributed by atoms with Crippen molar-refractivity contribution in [2.45, 2.75) is 33.2 Å². The molecule has 99 valence electrons. The SMILES string of the molecule is CC.CC1C[N-]CCN1CC1CCN(C)C1.[Y]. The predicted octanol–water partition coefficient (Wildman–Crippen LogP) is 2.04. The molecule has 0 aromatic carbocycles. The van der Waals surface area contributed by atoms with Crippen LogP contribution < -0.4 is 0 Å². The molecule has 0 spiro atoms. The Hall–Kier alpha value is 0.984. The molecule has 0 N–H and O–H groups in total. The maximum Gasteiger partial charge on any atom is 0.00238 e. The Labute approximate surface area is 133 Å². The average molecular weight is 315 g/mol. The molecule has 4 heteroatoms. The summed E-state index contributed by atoms with van der Waals surface area (Å²) in [5, 5.41) is 4.45. The van der Waals surface area contributed by atoms with Gasteiger partial charge >= 0.3 is 0 Å². The van der Waals surface area contributed by atoms with E-state index in [0.717, 1.165) is 19.0 Å². The van der Waals surface area contributed by atoms with Gasteiger partial charge in [0.1, 0.15) is 0 Å². The van der Waals surface area contributed by atoms with E-state index in [9.17, 15) is 0 Å². The summed E-state index contributed by atoms with van der Waals surface area (Å²) in [6, 6.07) is 0.676. The summed E-state index contributed by atoms with van der Waals surface area (Å²) in [5.41, 5.74) is 0. The summed E-state index contributed by atoms with van der Waals surface area (Å²) in [6.07, 6.45) is 1.39. The molecule has 2 aliphatic rings. The van der Waals surface area contributed by atoms with Crippen LogP contribution in [0.1, 0.15) is 27.2 Å². The second-order valence-corrected chi connectivity index (χ2v) is 4.89. The topological polar surface area (TPSA) is 20.6 Å². The van der Waals surface area contributed by atoms with Crippen molar-refractivity contribution in [2.75, 3.05) is 46.3 Å². The van der Waals surface area contributed by atoms with Crippen LogP contribution in [0.4, 0.5) is 0 Å². The summed E-state index contributed by atoms with van der Waals surface area (Å²) < 4.78 is 0. The number of piperazine rings is 1. The Bertz CT molecular complexity index is 190. The Kier molecular flexibility index (Phi) is 10.4. The van der Waals surface area contributed by atoms with Crippen molar-refractivity contribution >= 4 is 0 Å². The van der Waals surface area contributed by atoms with Crippen LogP contribution in [0.2, 0.25) is 0 Å². The maximum atomic E-state index is 4.45. The quantitative estimate of drug-likeness (QED) is 0.777. The van der Waals surface area contributed by atoms with Crippen molar-refractivity contribution in [3.05, 3.63) is 5.32 Å². The van der Waals surface area contributed by atoms with Crippen molar-refractivity contribution in [3.8, 4) is 0 Å². The van der Waals surface area contributed by atoms with Crippen LogP contribution in [-0.4, -0.2) is 62.2 Å². The van der Waals surface area contributed by atoms with Gasteiger partial charge in [-0.25, -0.2) is 0 Å². The minimum absolute atomic E-state index is 0. The second-order valence-electron chi connectivity index (χ2n) is 4.89. The summed E-state index contributed by atoms with van der Waals surface area (Å²) in [5.74, 6) is 0.903. The minimum atomic E-state index is 0. The van der Waals surface area contributed by atoms with E-state index in [1.54, 1.807) is 0 Å². The van der Waals surface area contributed by atoms with Crippen LogP contribution in [0.25, 0.3) is 5.32 Å². The first-order valence-corrected chi connectivity index (χ1v) is 6.81. The molecule has 0 aromatic rings. The van der Waals surface area contributed by atoms with Gasteiger partial charge in [-0.3, -0.25) is 0 Å². The maximum absolute atomic E-state index is 4.45. The Morgan fingerprint density at radius 2 is 1.94 bits per heavy atom. The molecule has 0 bridgehead atoms. The van der Waals surface area contributed by atoms with E-state index in [4.69, 9.17) is 0 Å². The van der Waals surface area contributed by atoms with Gasteiger partial charge in [0.15, 0.2) is 0 Å². The van der Waals surface area contributed by atoms with Crippen LogP contribution in [0.3, 0.4) is 0 Å². The van der Waals surface area contributed by atoms with Gasteiger partial charge in [0.25, 0.3) is 0 Å². The van der Waals surface area contributed by atoms with Crippen LogP contribution in [0.5, 0.6) is 0 Å². The van der Waals surface area contributed by atoms with Crippen molar-refractivity contribution in [2.24, 2.45) is 5.92 Å². The largest absolute Gasteiger partial charge is 0.660 e. The van der Waals surface area contributed by atoms with Crippen LogP contribution in [0, 0.1) is 5.92 Å². The number of likely N-dealkylation sites (tertiary alicyclic amines) is 1. The van der Waals surface area contributed by atoms with Crippen LogP contribution >= 0.6 is 0 Å². The van der Waals surface area contributed by atoms with Crippen LogP contribution in [0.15, 0.2) is 0 Å². The first-order chi connectivity index (χ1) is 7.75. The third-order valence-electron chi connectivity index (χ3n) is 3.54. The summed E-state index contributed by atoms with van der Waals surface area (Å²) in [4.78, 5) is 5.07. The van der Waals surface area contributed by atoms with Crippen LogP contribution in [-0.2, 0) is 32.7 Å². The molecule has 2 atom stereocenters. The molecule has 2 aliphatic heterocycles. The zero-order valence-electron chi connectivity index (χ0n) is 12.0. The predicted molar refractivity (Wildman–Crippen MR) is 71.1 cm³/mol. The fourth-order valence-electron chi connectivity index (χ4n) is 2.59. The first-order valence-electron chi connectivity index (χ1n) is 6.81. The molecule has 0 amide bonds. The van der Waals surface area contributed by atoms with Gasteiger partial charge in [-0.05, 0) is 38.5 Å². The molecule has 0 saturated carbocycles. The number of hydrogen-bond acceptors (Lipinski definition) is 2. The van der Waals surface area contributed by atoms with Gasteiger partial charge in [0.2, 0.25) is 0 Å². The zero-order chi connectivity index (χ0) is 12.0. The molecule has 2 unspecified atom stereocenters. The molecule has 2 saturated heterocycles. The monoisotopic (exact) mass is 315 g/mol. The minimum Gasteiger partial charge on any atom is -0.660 e. The number of nitrogens with zero attached hydrogens (tertiary/aromatic N) is 3. The van der Waals surface area contributed by atoms with Gasteiger partial charge in [0, 0.05) is 45.8 Å². The summed E-state index contributed by atoms with van der Waals surface area (Å²) in [7, 11) is 2.23. The molecule has 2 rings (SSSR count).